The number of carbonyl (C=O) groups excluding carboxylic acids is 1. The van der Waals surface area contributed by atoms with E-state index in [0.29, 0.717) is 0 Å². The van der Waals surface area contributed by atoms with Gasteiger partial charge in [0.2, 0.25) is 5.91 Å². The van der Waals surface area contributed by atoms with Crippen molar-refractivity contribution in [1.82, 2.24) is 9.88 Å². The molecule has 21 heavy (non-hydrogen) atoms. The third kappa shape index (κ3) is 2.75. The lowest BCUT2D eigenvalue weighted by Crippen LogP contribution is -2.43. The minimum Gasteiger partial charge on any atom is -0.347 e. The summed E-state index contributed by atoms with van der Waals surface area (Å²) >= 11 is 3.47. The molecule has 4 nitrogen and oxygen atoms in total. The zero-order valence-corrected chi connectivity index (χ0v) is 13.8. The average Bonchev–Trinajstić information content (AvgIpc) is 2.95. The van der Waals surface area contributed by atoms with Crippen molar-refractivity contribution >= 4 is 38.6 Å². The van der Waals surface area contributed by atoms with Gasteiger partial charge in [0.25, 0.3) is 0 Å². The number of amides is 1. The zero-order chi connectivity index (χ0) is 15.0. The molecule has 1 aliphatic heterocycles. The summed E-state index contributed by atoms with van der Waals surface area (Å²) in [5.41, 5.74) is 0.957. The van der Waals surface area contributed by atoms with E-state index in [2.05, 4.69) is 33.0 Å². The van der Waals surface area contributed by atoms with Crippen molar-refractivity contribution in [2.24, 2.45) is 0 Å². The number of benzene rings is 1. The van der Waals surface area contributed by atoms with Gasteiger partial charge in [-0.05, 0) is 43.2 Å². The van der Waals surface area contributed by atoms with E-state index in [1.165, 1.54) is 0 Å². The predicted octanol–water partition coefficient (Wildman–Crippen LogP) is 3.05. The Labute approximate surface area is 132 Å². The number of hydrogen-bond acceptors (Lipinski definition) is 3. The number of halogens is 1. The van der Waals surface area contributed by atoms with Crippen LogP contribution in [0.2, 0.25) is 0 Å². The maximum absolute atomic E-state index is 12.3. The number of hydrogen-bond donors (Lipinski definition) is 0. The number of aromatic nitrogens is 1. The Morgan fingerprint density at radius 3 is 2.90 bits per heavy atom. The van der Waals surface area contributed by atoms with E-state index in [1.807, 2.05) is 32.3 Å². The summed E-state index contributed by atoms with van der Waals surface area (Å²) < 4.78 is 1.05. The van der Waals surface area contributed by atoms with Crippen LogP contribution >= 0.6 is 15.9 Å². The van der Waals surface area contributed by atoms with E-state index in [9.17, 15) is 4.79 Å². The van der Waals surface area contributed by atoms with Crippen LogP contribution in [0.15, 0.2) is 34.8 Å². The van der Waals surface area contributed by atoms with Crippen molar-refractivity contribution in [2.75, 3.05) is 25.5 Å². The third-order valence-corrected chi connectivity index (χ3v) is 4.40. The molecule has 3 rings (SSSR count). The van der Waals surface area contributed by atoms with Gasteiger partial charge in [-0.2, -0.15) is 0 Å². The van der Waals surface area contributed by atoms with Crippen LogP contribution in [0.25, 0.3) is 10.9 Å². The molecule has 1 fully saturated rings. The van der Waals surface area contributed by atoms with Gasteiger partial charge in [-0.25, -0.2) is 4.98 Å². The van der Waals surface area contributed by atoms with Gasteiger partial charge in [-0.3, -0.25) is 4.79 Å². The summed E-state index contributed by atoms with van der Waals surface area (Å²) in [6.45, 7) is 0.888. The minimum absolute atomic E-state index is 0.0830. The average molecular weight is 348 g/mol. The summed E-state index contributed by atoms with van der Waals surface area (Å²) in [6, 6.07) is 10.0. The lowest BCUT2D eigenvalue weighted by Gasteiger charge is -2.27. The zero-order valence-electron chi connectivity index (χ0n) is 12.2. The summed E-state index contributed by atoms with van der Waals surface area (Å²) in [6.07, 6.45) is 1.93. The normalized spacial score (nSPS) is 18.2. The van der Waals surface area contributed by atoms with Gasteiger partial charge in [0, 0.05) is 30.5 Å². The molecule has 0 N–H and O–H groups in total. The van der Waals surface area contributed by atoms with Crippen LogP contribution in [0.5, 0.6) is 0 Å². The molecule has 0 spiro atoms. The summed E-state index contributed by atoms with van der Waals surface area (Å²) in [5, 5.41) is 1.10. The number of nitrogens with zero attached hydrogens (tertiary/aromatic N) is 3. The fourth-order valence-corrected chi connectivity index (χ4v) is 3.22. The van der Waals surface area contributed by atoms with Gasteiger partial charge in [-0.15, -0.1) is 0 Å². The summed E-state index contributed by atoms with van der Waals surface area (Å²) in [7, 11) is 3.62. The molecule has 1 amide bonds. The second-order valence-corrected chi connectivity index (χ2v) is 6.51. The highest BCUT2D eigenvalue weighted by molar-refractivity contribution is 9.10. The van der Waals surface area contributed by atoms with Crippen LogP contribution in [0.1, 0.15) is 12.8 Å². The number of anilines is 1. The van der Waals surface area contributed by atoms with Crippen LogP contribution in [-0.2, 0) is 4.79 Å². The fourth-order valence-electron chi connectivity index (χ4n) is 2.84. The molecular weight excluding hydrogens is 330 g/mol. The lowest BCUT2D eigenvalue weighted by atomic mass is 10.2. The van der Waals surface area contributed by atoms with Crippen LogP contribution in [0.3, 0.4) is 0 Å². The van der Waals surface area contributed by atoms with Gasteiger partial charge in [0.05, 0.1) is 5.52 Å². The van der Waals surface area contributed by atoms with Crippen LogP contribution in [-0.4, -0.2) is 42.5 Å². The summed E-state index contributed by atoms with van der Waals surface area (Å²) in [4.78, 5) is 20.8. The minimum atomic E-state index is -0.0830. The highest BCUT2D eigenvalue weighted by Gasteiger charge is 2.32. The molecular formula is C16H18BrN3O. The Kier molecular flexibility index (Phi) is 3.85. The number of pyridine rings is 1. The van der Waals surface area contributed by atoms with Crippen LogP contribution < -0.4 is 4.90 Å². The Morgan fingerprint density at radius 1 is 1.33 bits per heavy atom. The maximum atomic E-state index is 12.3. The van der Waals surface area contributed by atoms with Crippen molar-refractivity contribution < 1.29 is 4.79 Å². The molecule has 1 unspecified atom stereocenters. The molecule has 2 heterocycles. The van der Waals surface area contributed by atoms with E-state index in [1.54, 1.807) is 4.90 Å². The second kappa shape index (κ2) is 5.64. The first-order chi connectivity index (χ1) is 10.1. The predicted molar refractivity (Wildman–Crippen MR) is 88.5 cm³/mol. The standard InChI is InChI=1S/C16H18BrN3O/c1-19(2)16(21)14-4-3-9-20(14)15-8-5-11-10-12(17)6-7-13(11)18-15/h5-8,10,14H,3-4,9H2,1-2H3. The van der Waals surface area contributed by atoms with Crippen molar-refractivity contribution in [1.29, 1.82) is 0 Å². The Hall–Kier alpha value is -1.62. The quantitative estimate of drug-likeness (QED) is 0.837. The van der Waals surface area contributed by atoms with E-state index in [-0.39, 0.29) is 11.9 Å². The molecule has 0 bridgehead atoms. The van der Waals surface area contributed by atoms with Crippen molar-refractivity contribution in [3.8, 4) is 0 Å². The van der Waals surface area contributed by atoms with Crippen LogP contribution in [0, 0.1) is 0 Å². The van der Waals surface area contributed by atoms with E-state index >= 15 is 0 Å². The number of rotatable bonds is 2. The molecule has 2 aromatic rings. The molecule has 1 aromatic heterocycles. The van der Waals surface area contributed by atoms with E-state index in [0.717, 1.165) is 40.6 Å². The molecule has 1 aromatic carbocycles. The van der Waals surface area contributed by atoms with Gasteiger partial charge in [0.1, 0.15) is 11.9 Å². The second-order valence-electron chi connectivity index (χ2n) is 5.59. The topological polar surface area (TPSA) is 36.4 Å². The van der Waals surface area contributed by atoms with Gasteiger partial charge in [-0.1, -0.05) is 15.9 Å². The highest BCUT2D eigenvalue weighted by atomic mass is 79.9. The molecule has 1 atom stereocenters. The number of likely N-dealkylation sites (N-methyl/N-ethyl adjacent to an activating group) is 1. The number of fused-ring (bicyclic) bond motifs is 1. The Balaban J connectivity index is 1.95. The van der Waals surface area contributed by atoms with E-state index < -0.39 is 0 Å². The monoisotopic (exact) mass is 347 g/mol. The molecule has 5 heteroatoms. The summed E-state index contributed by atoms with van der Waals surface area (Å²) in [5.74, 6) is 1.05. The fraction of sp³-hybridized carbons (Fsp3) is 0.375. The number of carbonyl (C=O) groups is 1. The van der Waals surface area contributed by atoms with Gasteiger partial charge < -0.3 is 9.80 Å². The van der Waals surface area contributed by atoms with Crippen molar-refractivity contribution in [2.45, 2.75) is 18.9 Å². The van der Waals surface area contributed by atoms with Crippen molar-refractivity contribution in [3.05, 3.63) is 34.8 Å². The van der Waals surface area contributed by atoms with Gasteiger partial charge in [0.15, 0.2) is 0 Å². The van der Waals surface area contributed by atoms with E-state index in [4.69, 9.17) is 4.98 Å². The van der Waals surface area contributed by atoms with Gasteiger partial charge >= 0.3 is 0 Å². The lowest BCUT2D eigenvalue weighted by molar-refractivity contribution is -0.129. The molecule has 0 saturated carbocycles. The molecule has 0 aliphatic carbocycles. The highest BCUT2D eigenvalue weighted by Crippen LogP contribution is 2.27. The Bertz CT molecular complexity index is 686. The Morgan fingerprint density at radius 2 is 2.14 bits per heavy atom. The third-order valence-electron chi connectivity index (χ3n) is 3.91. The smallest absolute Gasteiger partial charge is 0.244 e. The SMILES string of the molecule is CN(C)C(=O)C1CCCN1c1ccc2cc(Br)ccc2n1. The molecule has 0 radical (unpaired) electrons. The molecule has 110 valence electrons. The first kappa shape index (κ1) is 14.3. The molecule has 1 aliphatic rings. The maximum Gasteiger partial charge on any atom is 0.244 e. The van der Waals surface area contributed by atoms with Crippen LogP contribution in [0.4, 0.5) is 5.82 Å². The first-order valence-electron chi connectivity index (χ1n) is 7.10. The molecule has 1 saturated heterocycles. The van der Waals surface area contributed by atoms with Crippen molar-refractivity contribution in [3.63, 3.8) is 0 Å². The first-order valence-corrected chi connectivity index (χ1v) is 7.90. The largest absolute Gasteiger partial charge is 0.347 e.